The molecule has 0 radical (unpaired) electrons. The first-order valence-corrected chi connectivity index (χ1v) is 11.5. The van der Waals surface area contributed by atoms with Gasteiger partial charge in [0.15, 0.2) is 11.5 Å². The van der Waals surface area contributed by atoms with Crippen molar-refractivity contribution in [2.75, 3.05) is 12.0 Å². The molecule has 0 aromatic heterocycles. The van der Waals surface area contributed by atoms with Gasteiger partial charge in [0.25, 0.3) is 5.69 Å². The van der Waals surface area contributed by atoms with Crippen LogP contribution < -0.4 is 14.9 Å². The molecule has 0 heterocycles. The maximum absolute atomic E-state index is 10.7. The average Bonchev–Trinajstić information content (AvgIpc) is 2.75. The Morgan fingerprint density at radius 3 is 2.42 bits per heavy atom. The van der Waals surface area contributed by atoms with Gasteiger partial charge in [-0.05, 0) is 99.6 Å². The summed E-state index contributed by atoms with van der Waals surface area (Å²) >= 11 is 4.49. The predicted octanol–water partition coefficient (Wildman–Crippen LogP) is 6.23. The van der Waals surface area contributed by atoms with E-state index in [1.54, 1.807) is 18.3 Å². The molecule has 9 heteroatoms. The minimum absolute atomic E-state index is 0.0336. The number of ether oxygens (including phenoxy) is 2. The summed E-state index contributed by atoms with van der Waals surface area (Å²) in [6.07, 6.45) is 1.66. The van der Waals surface area contributed by atoms with E-state index < -0.39 is 4.92 Å². The Hall–Kier alpha value is -2.41. The van der Waals surface area contributed by atoms with Gasteiger partial charge in [0, 0.05) is 15.7 Å². The topological polar surface area (TPSA) is 86.0 Å². The smallest absolute Gasteiger partial charge is 0.269 e. The average molecular weight is 643 g/mol. The summed E-state index contributed by atoms with van der Waals surface area (Å²) in [6.45, 7) is 2.88. The molecule has 0 aliphatic carbocycles. The molecule has 0 saturated carbocycles. The first kappa shape index (κ1) is 23.3. The summed E-state index contributed by atoms with van der Waals surface area (Å²) in [5.41, 5.74) is 5.47. The molecule has 0 saturated heterocycles. The van der Waals surface area contributed by atoms with Crippen molar-refractivity contribution in [2.45, 2.75) is 13.5 Å². The van der Waals surface area contributed by atoms with Gasteiger partial charge in [0.1, 0.15) is 6.61 Å². The number of nitrogens with one attached hydrogen (secondary N) is 1. The monoisotopic (exact) mass is 643 g/mol. The molecule has 3 rings (SSSR count). The number of non-ortho nitro benzene ring substituents is 1. The fraction of sp³-hybridized carbons (Fsp3) is 0.136. The van der Waals surface area contributed by atoms with Crippen molar-refractivity contribution in [1.82, 2.24) is 0 Å². The Kier molecular flexibility index (Phi) is 8.46. The van der Waals surface area contributed by atoms with Crippen molar-refractivity contribution in [3.8, 4) is 11.5 Å². The molecule has 31 heavy (non-hydrogen) atoms. The Balaban J connectivity index is 1.71. The van der Waals surface area contributed by atoms with E-state index in [-0.39, 0.29) is 5.69 Å². The third-order valence-corrected chi connectivity index (χ3v) is 5.63. The van der Waals surface area contributed by atoms with Crippen molar-refractivity contribution in [1.29, 1.82) is 0 Å². The van der Waals surface area contributed by atoms with Gasteiger partial charge in [0.2, 0.25) is 0 Å². The Bertz CT molecular complexity index is 1070. The van der Waals surface area contributed by atoms with Crippen LogP contribution in [-0.4, -0.2) is 17.7 Å². The van der Waals surface area contributed by atoms with Crippen LogP contribution in [0.1, 0.15) is 18.1 Å². The summed E-state index contributed by atoms with van der Waals surface area (Å²) in [4.78, 5) is 10.3. The zero-order valence-corrected chi connectivity index (χ0v) is 20.9. The zero-order valence-electron chi connectivity index (χ0n) is 16.5. The highest BCUT2D eigenvalue weighted by molar-refractivity contribution is 14.1. The minimum Gasteiger partial charge on any atom is -0.490 e. The van der Waals surface area contributed by atoms with E-state index in [1.165, 1.54) is 15.7 Å². The predicted molar refractivity (Wildman–Crippen MR) is 138 cm³/mol. The molecule has 7 nitrogen and oxygen atoms in total. The summed E-state index contributed by atoms with van der Waals surface area (Å²) in [7, 11) is 0. The second kappa shape index (κ2) is 11.3. The van der Waals surface area contributed by atoms with Gasteiger partial charge in [0.05, 0.1) is 27.0 Å². The van der Waals surface area contributed by atoms with Crippen LogP contribution in [0.4, 0.5) is 11.4 Å². The van der Waals surface area contributed by atoms with Crippen LogP contribution >= 0.6 is 45.2 Å². The number of nitro benzene ring substituents is 1. The van der Waals surface area contributed by atoms with E-state index in [0.29, 0.717) is 30.4 Å². The summed E-state index contributed by atoms with van der Waals surface area (Å²) in [5, 5.41) is 14.9. The number of hydrazone groups is 1. The number of nitrogens with zero attached hydrogens (tertiary/aromatic N) is 2. The minimum atomic E-state index is -0.438. The van der Waals surface area contributed by atoms with Crippen LogP contribution in [-0.2, 0) is 6.61 Å². The summed E-state index contributed by atoms with van der Waals surface area (Å²) in [5.74, 6) is 1.35. The largest absolute Gasteiger partial charge is 0.490 e. The van der Waals surface area contributed by atoms with E-state index in [2.05, 4.69) is 55.7 Å². The lowest BCUT2D eigenvalue weighted by Gasteiger charge is -2.15. The highest BCUT2D eigenvalue weighted by atomic mass is 127. The van der Waals surface area contributed by atoms with E-state index in [1.807, 2.05) is 43.3 Å². The lowest BCUT2D eigenvalue weighted by atomic mass is 10.2. The summed E-state index contributed by atoms with van der Waals surface area (Å²) in [6, 6.07) is 18.1. The highest BCUT2D eigenvalue weighted by Crippen LogP contribution is 2.34. The molecule has 0 aliphatic heterocycles. The highest BCUT2D eigenvalue weighted by Gasteiger charge is 2.12. The lowest BCUT2D eigenvalue weighted by molar-refractivity contribution is -0.384. The lowest BCUT2D eigenvalue weighted by Crippen LogP contribution is -2.03. The quantitative estimate of drug-likeness (QED) is 0.130. The van der Waals surface area contributed by atoms with Crippen LogP contribution in [0, 0.1) is 17.3 Å². The second-order valence-corrected chi connectivity index (χ2v) is 8.76. The molecule has 3 aromatic carbocycles. The number of benzene rings is 3. The molecule has 0 atom stereocenters. The van der Waals surface area contributed by atoms with Gasteiger partial charge in [-0.25, -0.2) is 0 Å². The first-order valence-electron chi connectivity index (χ1n) is 9.33. The Morgan fingerprint density at radius 2 is 1.77 bits per heavy atom. The van der Waals surface area contributed by atoms with Gasteiger partial charge in [-0.3, -0.25) is 15.5 Å². The van der Waals surface area contributed by atoms with Crippen LogP contribution in [0.15, 0.2) is 65.8 Å². The van der Waals surface area contributed by atoms with Gasteiger partial charge in [-0.1, -0.05) is 12.1 Å². The molecule has 0 bridgehead atoms. The summed E-state index contributed by atoms with van der Waals surface area (Å²) < 4.78 is 13.9. The van der Waals surface area contributed by atoms with E-state index in [4.69, 9.17) is 9.47 Å². The standard InChI is InChI=1S/C22H19I2N3O4/c1-2-30-21-12-16(13-25-26-18-7-9-19(10-8-18)27(28)29)11-20(24)22(21)31-14-15-3-5-17(23)6-4-15/h3-13,26H,2,14H2,1H3/b25-13+. The number of nitro groups is 1. The first-order chi connectivity index (χ1) is 15.0. The molecule has 0 aliphatic rings. The van der Waals surface area contributed by atoms with E-state index in [0.717, 1.165) is 14.7 Å². The molecule has 1 N–H and O–H groups in total. The Morgan fingerprint density at radius 1 is 1.06 bits per heavy atom. The number of anilines is 1. The maximum Gasteiger partial charge on any atom is 0.269 e. The Labute approximate surface area is 207 Å². The number of hydrogen-bond donors (Lipinski definition) is 1. The third kappa shape index (κ3) is 6.79. The van der Waals surface area contributed by atoms with Crippen molar-refractivity contribution in [2.24, 2.45) is 5.10 Å². The van der Waals surface area contributed by atoms with Crippen molar-refractivity contribution in [3.63, 3.8) is 0 Å². The van der Waals surface area contributed by atoms with Crippen molar-refractivity contribution >= 4 is 62.8 Å². The van der Waals surface area contributed by atoms with Crippen LogP contribution in [0.25, 0.3) is 0 Å². The maximum atomic E-state index is 10.7. The van der Waals surface area contributed by atoms with Gasteiger partial charge in [-0.15, -0.1) is 0 Å². The normalized spacial score (nSPS) is 10.8. The molecule has 0 spiro atoms. The van der Waals surface area contributed by atoms with Gasteiger partial charge < -0.3 is 9.47 Å². The number of rotatable bonds is 9. The molecular weight excluding hydrogens is 624 g/mol. The van der Waals surface area contributed by atoms with Crippen molar-refractivity contribution in [3.05, 3.63) is 89.0 Å². The fourth-order valence-corrected chi connectivity index (χ4v) is 3.78. The molecule has 3 aromatic rings. The van der Waals surface area contributed by atoms with Crippen LogP contribution in [0.2, 0.25) is 0 Å². The third-order valence-electron chi connectivity index (χ3n) is 4.11. The van der Waals surface area contributed by atoms with Crippen LogP contribution in [0.5, 0.6) is 11.5 Å². The van der Waals surface area contributed by atoms with Crippen molar-refractivity contribution < 1.29 is 14.4 Å². The molecule has 0 fully saturated rings. The molecule has 160 valence electrons. The number of hydrogen-bond acceptors (Lipinski definition) is 6. The van der Waals surface area contributed by atoms with E-state index >= 15 is 0 Å². The van der Waals surface area contributed by atoms with Gasteiger partial charge in [-0.2, -0.15) is 5.10 Å². The molecule has 0 unspecified atom stereocenters. The molecular formula is C22H19I2N3O4. The van der Waals surface area contributed by atoms with Gasteiger partial charge >= 0.3 is 0 Å². The van der Waals surface area contributed by atoms with E-state index in [9.17, 15) is 10.1 Å². The molecule has 0 amide bonds. The number of halogens is 2. The fourth-order valence-electron chi connectivity index (χ4n) is 2.64. The zero-order chi connectivity index (χ0) is 22.2. The van der Waals surface area contributed by atoms with Crippen LogP contribution in [0.3, 0.4) is 0 Å². The SMILES string of the molecule is CCOc1cc(/C=N/Nc2ccc([N+](=O)[O-])cc2)cc(I)c1OCc1ccc(I)cc1. The second-order valence-electron chi connectivity index (χ2n) is 6.35.